The highest BCUT2D eigenvalue weighted by Gasteiger charge is 2.20. The van der Waals surface area contributed by atoms with Crippen molar-refractivity contribution in [3.63, 3.8) is 0 Å². The first-order chi connectivity index (χ1) is 9.01. The van der Waals surface area contributed by atoms with E-state index in [4.69, 9.17) is 5.26 Å². The fraction of sp³-hybridized carbons (Fsp3) is 0.467. The van der Waals surface area contributed by atoms with Crippen LogP contribution in [0.25, 0.3) is 0 Å². The maximum atomic E-state index is 12.6. The lowest BCUT2D eigenvalue weighted by atomic mass is 10.1. The Labute approximate surface area is 115 Å². The lowest BCUT2D eigenvalue weighted by Crippen LogP contribution is -2.38. The number of nitriles is 1. The smallest absolute Gasteiger partial charge is 0.256 e. The molecular formula is C15H21N3O. The van der Waals surface area contributed by atoms with Gasteiger partial charge in [-0.2, -0.15) is 5.26 Å². The summed E-state index contributed by atoms with van der Waals surface area (Å²) in [6.07, 6.45) is 0.352. The Morgan fingerprint density at radius 3 is 2.68 bits per heavy atom. The molecule has 0 radical (unpaired) electrons. The highest BCUT2D eigenvalue weighted by Crippen LogP contribution is 2.20. The van der Waals surface area contributed by atoms with E-state index in [-0.39, 0.29) is 11.9 Å². The summed E-state index contributed by atoms with van der Waals surface area (Å²) < 4.78 is 0. The molecule has 4 heteroatoms. The van der Waals surface area contributed by atoms with E-state index >= 15 is 0 Å². The minimum Gasteiger partial charge on any atom is -0.387 e. The van der Waals surface area contributed by atoms with Crippen molar-refractivity contribution in [3.05, 3.63) is 29.3 Å². The molecule has 0 aliphatic carbocycles. The van der Waals surface area contributed by atoms with Crippen LogP contribution >= 0.6 is 0 Å². The van der Waals surface area contributed by atoms with Gasteiger partial charge >= 0.3 is 0 Å². The van der Waals surface area contributed by atoms with Gasteiger partial charge in [-0.15, -0.1) is 0 Å². The second-order valence-corrected chi connectivity index (χ2v) is 4.80. The molecule has 0 unspecified atom stereocenters. The third-order valence-corrected chi connectivity index (χ3v) is 3.02. The molecule has 1 N–H and O–H groups in total. The predicted molar refractivity (Wildman–Crippen MR) is 77.1 cm³/mol. The maximum Gasteiger partial charge on any atom is 0.256 e. The van der Waals surface area contributed by atoms with Gasteiger partial charge in [0.2, 0.25) is 0 Å². The molecule has 102 valence electrons. The minimum atomic E-state index is -0.0328. The van der Waals surface area contributed by atoms with E-state index in [9.17, 15) is 4.79 Å². The van der Waals surface area contributed by atoms with Gasteiger partial charge in [0, 0.05) is 25.3 Å². The minimum absolute atomic E-state index is 0.0328. The van der Waals surface area contributed by atoms with Crippen molar-refractivity contribution in [2.45, 2.75) is 33.2 Å². The summed E-state index contributed by atoms with van der Waals surface area (Å²) in [7, 11) is 1.81. The first-order valence-corrected chi connectivity index (χ1v) is 6.47. The summed E-state index contributed by atoms with van der Waals surface area (Å²) in [6, 6.07) is 7.88. The summed E-state index contributed by atoms with van der Waals surface area (Å²) in [5, 5.41) is 11.7. The van der Waals surface area contributed by atoms with Crippen molar-refractivity contribution < 1.29 is 4.79 Å². The number of carbonyl (C=O) groups is 1. The van der Waals surface area contributed by atoms with E-state index in [0.717, 1.165) is 11.3 Å². The summed E-state index contributed by atoms with van der Waals surface area (Å²) in [5.41, 5.74) is 2.58. The van der Waals surface area contributed by atoms with Crippen LogP contribution in [0.3, 0.4) is 0 Å². The van der Waals surface area contributed by atoms with Gasteiger partial charge in [-0.25, -0.2) is 0 Å². The monoisotopic (exact) mass is 259 g/mol. The summed E-state index contributed by atoms with van der Waals surface area (Å²) in [6.45, 7) is 6.38. The summed E-state index contributed by atoms with van der Waals surface area (Å²) in [5.74, 6) is -0.0328. The van der Waals surface area contributed by atoms with Crippen molar-refractivity contribution in [1.29, 1.82) is 5.26 Å². The number of hydrogen-bond acceptors (Lipinski definition) is 3. The second kappa shape index (κ2) is 6.79. The zero-order chi connectivity index (χ0) is 14.4. The van der Waals surface area contributed by atoms with Crippen LogP contribution in [-0.4, -0.2) is 30.4 Å². The number of rotatable bonds is 5. The lowest BCUT2D eigenvalue weighted by molar-refractivity contribution is 0.0711. The largest absolute Gasteiger partial charge is 0.387 e. The molecule has 0 spiro atoms. The number of hydrogen-bond donors (Lipinski definition) is 1. The molecule has 0 atom stereocenters. The van der Waals surface area contributed by atoms with Gasteiger partial charge in [0.05, 0.1) is 18.1 Å². The number of aryl methyl sites for hydroxylation is 1. The molecule has 1 amide bonds. The Morgan fingerprint density at radius 2 is 2.16 bits per heavy atom. The molecule has 0 saturated heterocycles. The number of anilines is 1. The number of carbonyl (C=O) groups excluding carboxylic acids is 1. The van der Waals surface area contributed by atoms with Crippen molar-refractivity contribution in [2.24, 2.45) is 0 Å². The van der Waals surface area contributed by atoms with Gasteiger partial charge in [0.15, 0.2) is 0 Å². The molecule has 19 heavy (non-hydrogen) atoms. The van der Waals surface area contributed by atoms with Crippen molar-refractivity contribution in [3.8, 4) is 6.07 Å². The Morgan fingerprint density at radius 1 is 1.47 bits per heavy atom. The van der Waals surface area contributed by atoms with Crippen LogP contribution < -0.4 is 5.32 Å². The Balaban J connectivity index is 3.06. The van der Waals surface area contributed by atoms with Crippen LogP contribution in [0, 0.1) is 18.3 Å². The Bertz CT molecular complexity index is 489. The van der Waals surface area contributed by atoms with Crippen molar-refractivity contribution in [1.82, 2.24) is 4.90 Å². The van der Waals surface area contributed by atoms with E-state index in [1.165, 1.54) is 0 Å². The van der Waals surface area contributed by atoms with Crippen LogP contribution in [0.1, 0.15) is 36.2 Å². The molecule has 0 aromatic heterocycles. The van der Waals surface area contributed by atoms with Gasteiger partial charge in [-0.3, -0.25) is 4.79 Å². The number of benzene rings is 1. The molecule has 0 aliphatic rings. The lowest BCUT2D eigenvalue weighted by Gasteiger charge is -2.27. The van der Waals surface area contributed by atoms with Gasteiger partial charge in [-0.05, 0) is 38.5 Å². The maximum absolute atomic E-state index is 12.6. The van der Waals surface area contributed by atoms with Crippen molar-refractivity contribution >= 4 is 11.6 Å². The quantitative estimate of drug-likeness (QED) is 0.884. The highest BCUT2D eigenvalue weighted by atomic mass is 16.2. The van der Waals surface area contributed by atoms with Crippen LogP contribution in [-0.2, 0) is 0 Å². The van der Waals surface area contributed by atoms with E-state index in [0.29, 0.717) is 18.5 Å². The van der Waals surface area contributed by atoms with Gasteiger partial charge < -0.3 is 10.2 Å². The van der Waals surface area contributed by atoms with Gasteiger partial charge in [0.25, 0.3) is 5.91 Å². The number of nitrogens with one attached hydrogen (secondary N) is 1. The average molecular weight is 259 g/mol. The molecule has 1 aromatic carbocycles. The molecule has 0 fully saturated rings. The molecule has 1 rings (SSSR count). The highest BCUT2D eigenvalue weighted by molar-refractivity contribution is 5.99. The summed E-state index contributed by atoms with van der Waals surface area (Å²) >= 11 is 0. The molecule has 1 aromatic rings. The third kappa shape index (κ3) is 3.72. The predicted octanol–water partition coefficient (Wildman–Crippen LogP) is 2.80. The topological polar surface area (TPSA) is 56.1 Å². The van der Waals surface area contributed by atoms with Crippen molar-refractivity contribution in [2.75, 3.05) is 18.9 Å². The first kappa shape index (κ1) is 15.0. The fourth-order valence-corrected chi connectivity index (χ4v) is 1.97. The molecule has 0 saturated carbocycles. The first-order valence-electron chi connectivity index (χ1n) is 6.47. The second-order valence-electron chi connectivity index (χ2n) is 4.80. The number of nitrogens with zero attached hydrogens (tertiary/aromatic N) is 2. The molecule has 0 bridgehead atoms. The van der Waals surface area contributed by atoms with Crippen LogP contribution in [0.4, 0.5) is 5.69 Å². The zero-order valence-corrected chi connectivity index (χ0v) is 12.0. The van der Waals surface area contributed by atoms with E-state index in [1.54, 1.807) is 11.9 Å². The number of amides is 1. The fourth-order valence-electron chi connectivity index (χ4n) is 1.97. The average Bonchev–Trinajstić information content (AvgIpc) is 2.38. The molecule has 4 nitrogen and oxygen atoms in total. The van der Waals surface area contributed by atoms with Gasteiger partial charge in [-0.1, -0.05) is 6.07 Å². The molecule has 0 heterocycles. The Kier molecular flexibility index (Phi) is 5.37. The van der Waals surface area contributed by atoms with E-state index < -0.39 is 0 Å². The Hall–Kier alpha value is -2.02. The van der Waals surface area contributed by atoms with Crippen LogP contribution in [0.5, 0.6) is 0 Å². The van der Waals surface area contributed by atoms with E-state index in [2.05, 4.69) is 11.4 Å². The standard InChI is InChI=1S/C15H21N3O/c1-11(2)18(9-5-8-16)15(19)13-7-6-12(3)10-14(13)17-4/h6-7,10-11,17H,5,9H2,1-4H3. The van der Waals surface area contributed by atoms with Crippen LogP contribution in [0.2, 0.25) is 0 Å². The van der Waals surface area contributed by atoms with Gasteiger partial charge in [0.1, 0.15) is 0 Å². The molecule has 0 aliphatic heterocycles. The van der Waals surface area contributed by atoms with Crippen LogP contribution in [0.15, 0.2) is 18.2 Å². The summed E-state index contributed by atoms with van der Waals surface area (Å²) in [4.78, 5) is 14.3. The SMILES string of the molecule is CNc1cc(C)ccc1C(=O)N(CCC#N)C(C)C. The third-order valence-electron chi connectivity index (χ3n) is 3.02. The van der Waals surface area contributed by atoms with E-state index in [1.807, 2.05) is 39.0 Å². The zero-order valence-electron chi connectivity index (χ0n) is 12.0. The normalized spacial score (nSPS) is 10.1. The molecular weight excluding hydrogens is 238 g/mol.